The molecule has 1 amide bonds. The van der Waals surface area contributed by atoms with E-state index in [1.54, 1.807) is 7.05 Å². The minimum absolute atomic E-state index is 0.152. The molecule has 36 heavy (non-hydrogen) atoms. The first-order valence-electron chi connectivity index (χ1n) is 12.6. The van der Waals surface area contributed by atoms with Crippen molar-refractivity contribution >= 4 is 22.5 Å². The van der Waals surface area contributed by atoms with Gasteiger partial charge in [-0.1, -0.05) is 6.07 Å². The van der Waals surface area contributed by atoms with Gasteiger partial charge in [0.1, 0.15) is 0 Å². The number of hydrogen-bond acceptors (Lipinski definition) is 8. The van der Waals surface area contributed by atoms with Gasteiger partial charge in [-0.3, -0.25) is 4.79 Å². The molecular formula is C27H36N6O3. The van der Waals surface area contributed by atoms with Gasteiger partial charge >= 0.3 is 0 Å². The topological polar surface area (TPSA) is 102 Å². The van der Waals surface area contributed by atoms with E-state index in [1.807, 2.05) is 50.6 Å². The third-order valence-corrected chi connectivity index (χ3v) is 6.62. The van der Waals surface area contributed by atoms with E-state index in [-0.39, 0.29) is 11.9 Å². The van der Waals surface area contributed by atoms with Crippen LogP contribution >= 0.6 is 0 Å². The van der Waals surface area contributed by atoms with Gasteiger partial charge in [0.05, 0.1) is 17.8 Å². The van der Waals surface area contributed by atoms with Crippen molar-refractivity contribution in [1.82, 2.24) is 25.4 Å². The second-order valence-electron chi connectivity index (χ2n) is 9.51. The Morgan fingerprint density at radius 3 is 2.64 bits per heavy atom. The monoisotopic (exact) mass is 492 g/mol. The number of nitrogens with one attached hydrogen (secondary N) is 2. The molecule has 1 aromatic carbocycles. The van der Waals surface area contributed by atoms with Crippen molar-refractivity contribution in [3.8, 4) is 17.0 Å². The molecule has 0 saturated carbocycles. The lowest BCUT2D eigenvalue weighted by atomic mass is 9.92. The summed E-state index contributed by atoms with van der Waals surface area (Å²) in [5.74, 6) is 0.796. The molecule has 4 rings (SSSR count). The quantitative estimate of drug-likeness (QED) is 0.414. The van der Waals surface area contributed by atoms with E-state index in [9.17, 15) is 4.79 Å². The maximum Gasteiger partial charge on any atom is 0.273 e. The van der Waals surface area contributed by atoms with Crippen LogP contribution in [0.3, 0.4) is 0 Å². The number of anilines is 1. The molecule has 1 aliphatic rings. The van der Waals surface area contributed by atoms with Crippen LogP contribution in [0.25, 0.3) is 22.0 Å². The van der Waals surface area contributed by atoms with Gasteiger partial charge in [0.2, 0.25) is 5.88 Å². The lowest BCUT2D eigenvalue weighted by Gasteiger charge is -2.29. The van der Waals surface area contributed by atoms with E-state index in [4.69, 9.17) is 9.47 Å². The van der Waals surface area contributed by atoms with Gasteiger partial charge in [-0.05, 0) is 70.0 Å². The van der Waals surface area contributed by atoms with Crippen LogP contribution in [0.4, 0.5) is 5.69 Å². The lowest BCUT2D eigenvalue weighted by Crippen LogP contribution is -2.32. The molecule has 1 saturated heterocycles. The molecule has 3 aromatic rings. The number of pyridine rings is 1. The van der Waals surface area contributed by atoms with E-state index < -0.39 is 0 Å². The summed E-state index contributed by atoms with van der Waals surface area (Å²) in [6.07, 6.45) is 4.73. The Hall–Kier alpha value is -3.30. The first-order chi connectivity index (χ1) is 17.5. The Kier molecular flexibility index (Phi) is 8.66. The third kappa shape index (κ3) is 6.27. The summed E-state index contributed by atoms with van der Waals surface area (Å²) >= 11 is 0. The molecule has 1 unspecified atom stereocenters. The van der Waals surface area contributed by atoms with Gasteiger partial charge in [-0.25, -0.2) is 4.98 Å². The van der Waals surface area contributed by atoms with E-state index in [2.05, 4.69) is 37.6 Å². The van der Waals surface area contributed by atoms with Gasteiger partial charge in [0, 0.05) is 56.1 Å². The first-order valence-corrected chi connectivity index (χ1v) is 12.6. The zero-order chi connectivity index (χ0) is 25.5. The SMILES string of the molecule is CNC(=O)c1nnc2ccc(-c3ccc(OCCCN(C)C)nc3)cc2c1NC(C)C1CCOCC1. The zero-order valence-corrected chi connectivity index (χ0v) is 21.6. The Morgan fingerprint density at radius 1 is 1.17 bits per heavy atom. The fraction of sp³-hybridized carbons (Fsp3) is 0.481. The molecule has 3 heterocycles. The van der Waals surface area contributed by atoms with Crippen LogP contribution in [0.5, 0.6) is 5.88 Å². The van der Waals surface area contributed by atoms with E-state index in [0.717, 1.165) is 61.1 Å². The number of aromatic nitrogens is 3. The highest BCUT2D eigenvalue weighted by Crippen LogP contribution is 2.32. The van der Waals surface area contributed by atoms with E-state index in [1.165, 1.54) is 0 Å². The molecule has 2 N–H and O–H groups in total. The number of nitrogens with zero attached hydrogens (tertiary/aromatic N) is 4. The summed E-state index contributed by atoms with van der Waals surface area (Å²) in [6.45, 7) is 5.28. The van der Waals surface area contributed by atoms with E-state index in [0.29, 0.717) is 29.8 Å². The smallest absolute Gasteiger partial charge is 0.273 e. The van der Waals surface area contributed by atoms with Gasteiger partial charge in [0.15, 0.2) is 5.69 Å². The van der Waals surface area contributed by atoms with Gasteiger partial charge < -0.3 is 25.0 Å². The standard InChI is InChI=1S/C27H36N6O3/c1-18(19-10-14-35-15-11-19)30-25-22-16-20(6-8-23(22)31-32-26(25)27(34)28-2)21-7-9-24(29-17-21)36-13-5-12-33(3)4/h6-9,16-19H,5,10-15H2,1-4H3,(H,28,34)(H,30,31). The number of fused-ring (bicyclic) bond motifs is 1. The fourth-order valence-electron chi connectivity index (χ4n) is 4.46. The van der Waals surface area contributed by atoms with Crippen molar-refractivity contribution in [2.24, 2.45) is 5.92 Å². The van der Waals surface area contributed by atoms with Crippen molar-refractivity contribution in [2.45, 2.75) is 32.2 Å². The summed E-state index contributed by atoms with van der Waals surface area (Å²) in [6, 6.07) is 10.0. The number of amides is 1. The molecule has 2 aromatic heterocycles. The molecule has 0 spiro atoms. The normalized spacial score (nSPS) is 15.1. The Morgan fingerprint density at radius 2 is 1.94 bits per heavy atom. The average Bonchev–Trinajstić information content (AvgIpc) is 2.91. The second-order valence-corrected chi connectivity index (χ2v) is 9.51. The Balaban J connectivity index is 1.61. The third-order valence-electron chi connectivity index (χ3n) is 6.62. The van der Waals surface area contributed by atoms with Crippen LogP contribution in [-0.4, -0.2) is 79.5 Å². The van der Waals surface area contributed by atoms with Gasteiger partial charge in [-0.2, -0.15) is 0 Å². The largest absolute Gasteiger partial charge is 0.478 e. The summed E-state index contributed by atoms with van der Waals surface area (Å²) in [5.41, 5.74) is 3.66. The van der Waals surface area contributed by atoms with Crippen molar-refractivity contribution in [3.05, 3.63) is 42.2 Å². The number of benzene rings is 1. The predicted octanol–water partition coefficient (Wildman–Crippen LogP) is 3.61. The van der Waals surface area contributed by atoms with Crippen molar-refractivity contribution in [2.75, 3.05) is 52.8 Å². The second kappa shape index (κ2) is 12.1. The maximum atomic E-state index is 12.7. The number of rotatable bonds is 10. The predicted molar refractivity (Wildman–Crippen MR) is 141 cm³/mol. The van der Waals surface area contributed by atoms with Crippen LogP contribution in [0.2, 0.25) is 0 Å². The zero-order valence-electron chi connectivity index (χ0n) is 21.6. The maximum absolute atomic E-state index is 12.7. The molecule has 9 heteroatoms. The number of carbonyl (C=O) groups excluding carboxylic acids is 1. The van der Waals surface area contributed by atoms with Crippen LogP contribution in [0.1, 0.15) is 36.7 Å². The van der Waals surface area contributed by atoms with Crippen LogP contribution in [0.15, 0.2) is 36.5 Å². The summed E-state index contributed by atoms with van der Waals surface area (Å²) < 4.78 is 11.3. The lowest BCUT2D eigenvalue weighted by molar-refractivity contribution is 0.0622. The van der Waals surface area contributed by atoms with Gasteiger partial charge in [-0.15, -0.1) is 10.2 Å². The van der Waals surface area contributed by atoms with Crippen molar-refractivity contribution in [1.29, 1.82) is 0 Å². The molecule has 9 nitrogen and oxygen atoms in total. The summed E-state index contributed by atoms with van der Waals surface area (Å²) in [7, 11) is 5.70. The fourth-order valence-corrected chi connectivity index (χ4v) is 4.46. The molecule has 0 aliphatic carbocycles. The summed E-state index contributed by atoms with van der Waals surface area (Å²) in [4.78, 5) is 19.3. The van der Waals surface area contributed by atoms with Crippen LogP contribution in [-0.2, 0) is 4.74 Å². The number of carbonyl (C=O) groups is 1. The van der Waals surface area contributed by atoms with Crippen molar-refractivity contribution in [3.63, 3.8) is 0 Å². The Labute approximate surface area is 212 Å². The minimum Gasteiger partial charge on any atom is -0.478 e. The van der Waals surface area contributed by atoms with Gasteiger partial charge in [0.25, 0.3) is 5.91 Å². The molecule has 0 radical (unpaired) electrons. The Bertz CT molecular complexity index is 1160. The average molecular weight is 493 g/mol. The minimum atomic E-state index is -0.270. The van der Waals surface area contributed by atoms with Crippen LogP contribution < -0.4 is 15.4 Å². The molecule has 1 fully saturated rings. The first kappa shape index (κ1) is 25.8. The molecule has 1 aliphatic heterocycles. The number of ether oxygens (including phenoxy) is 2. The van der Waals surface area contributed by atoms with Crippen molar-refractivity contribution < 1.29 is 14.3 Å². The highest BCUT2D eigenvalue weighted by molar-refractivity contribution is 6.06. The van der Waals surface area contributed by atoms with Crippen LogP contribution in [0, 0.1) is 5.92 Å². The highest BCUT2D eigenvalue weighted by atomic mass is 16.5. The molecule has 1 atom stereocenters. The summed E-state index contributed by atoms with van der Waals surface area (Å²) in [5, 5.41) is 15.7. The molecular weight excluding hydrogens is 456 g/mol. The number of hydrogen-bond donors (Lipinski definition) is 2. The molecule has 192 valence electrons. The molecule has 0 bridgehead atoms. The highest BCUT2D eigenvalue weighted by Gasteiger charge is 2.24. The van der Waals surface area contributed by atoms with E-state index >= 15 is 0 Å².